The number of carbonyl (C=O) groups excluding carboxylic acids is 2. The monoisotopic (exact) mass is 541 g/mol. The number of ether oxygens (including phenoxy) is 4. The summed E-state index contributed by atoms with van der Waals surface area (Å²) in [7, 11) is 1.40. The molecule has 0 radical (unpaired) electrons. The highest BCUT2D eigenvalue weighted by atomic mass is 35.5. The fourth-order valence-corrected chi connectivity index (χ4v) is 4.65. The highest BCUT2D eigenvalue weighted by Gasteiger charge is 2.36. The fraction of sp³-hybridized carbons (Fsp3) is 0.125. The van der Waals surface area contributed by atoms with Crippen LogP contribution in [-0.4, -0.2) is 39.9 Å². The van der Waals surface area contributed by atoms with Crippen LogP contribution in [0.5, 0.6) is 28.9 Å². The molecule has 0 atom stereocenters. The van der Waals surface area contributed by atoms with Gasteiger partial charge in [-0.3, -0.25) is 24.6 Å². The van der Waals surface area contributed by atoms with Crippen LogP contribution in [0, 0.1) is 10.1 Å². The Bertz CT molecular complexity index is 1480. The molecule has 37 heavy (non-hydrogen) atoms. The second-order valence-electron chi connectivity index (χ2n) is 7.66. The van der Waals surface area contributed by atoms with Gasteiger partial charge in [-0.1, -0.05) is 17.7 Å². The number of methoxy groups -OCH3 is 1. The number of nitro groups is 1. The number of imide groups is 1. The molecule has 3 aromatic rings. The largest absolute Gasteiger partial charge is 0.493 e. The first-order chi connectivity index (χ1) is 17.8. The van der Waals surface area contributed by atoms with Crippen molar-refractivity contribution in [3.63, 3.8) is 0 Å². The molecule has 13 heteroatoms. The lowest BCUT2D eigenvalue weighted by Gasteiger charge is -2.14. The van der Waals surface area contributed by atoms with E-state index in [-0.39, 0.29) is 41.3 Å². The van der Waals surface area contributed by atoms with Crippen molar-refractivity contribution in [2.45, 2.75) is 6.54 Å². The second kappa shape index (κ2) is 9.99. The van der Waals surface area contributed by atoms with E-state index in [1.54, 1.807) is 30.3 Å². The van der Waals surface area contributed by atoms with E-state index in [1.165, 1.54) is 31.5 Å². The van der Waals surface area contributed by atoms with Gasteiger partial charge in [0.1, 0.15) is 0 Å². The van der Waals surface area contributed by atoms with Crippen molar-refractivity contribution >= 4 is 46.3 Å². The summed E-state index contributed by atoms with van der Waals surface area (Å²) >= 11 is 7.10. The van der Waals surface area contributed by atoms with Gasteiger partial charge < -0.3 is 18.9 Å². The van der Waals surface area contributed by atoms with Crippen LogP contribution in [0.4, 0.5) is 10.5 Å². The molecule has 188 valence electrons. The Morgan fingerprint density at radius 3 is 2.73 bits per heavy atom. The SMILES string of the molecule is COc1cc(/C=C2\SC(=O)N(Cc3cc4c(cc3Cl)OCO4)C2=O)ccc1Oc1ncccc1[N+](=O)[O-]. The van der Waals surface area contributed by atoms with Gasteiger partial charge >= 0.3 is 5.69 Å². The Morgan fingerprint density at radius 1 is 1.19 bits per heavy atom. The Morgan fingerprint density at radius 2 is 1.97 bits per heavy atom. The molecule has 0 aliphatic carbocycles. The maximum atomic E-state index is 13.0. The number of aromatic nitrogens is 1. The molecular weight excluding hydrogens is 526 g/mol. The molecule has 0 spiro atoms. The quantitative estimate of drug-likeness (QED) is 0.217. The molecule has 1 fully saturated rings. The minimum absolute atomic E-state index is 0.0313. The number of rotatable bonds is 7. The number of halogens is 1. The van der Waals surface area contributed by atoms with Crippen LogP contribution >= 0.6 is 23.4 Å². The van der Waals surface area contributed by atoms with E-state index < -0.39 is 16.1 Å². The van der Waals surface area contributed by atoms with Gasteiger partial charge in [0.2, 0.25) is 6.79 Å². The summed E-state index contributed by atoms with van der Waals surface area (Å²) in [5.74, 6) is 0.759. The molecule has 2 amide bonds. The van der Waals surface area contributed by atoms with E-state index in [0.29, 0.717) is 27.6 Å². The number of benzene rings is 2. The van der Waals surface area contributed by atoms with Crippen molar-refractivity contribution < 1.29 is 33.5 Å². The van der Waals surface area contributed by atoms with Crippen molar-refractivity contribution in [3.05, 3.63) is 79.8 Å². The van der Waals surface area contributed by atoms with Gasteiger partial charge in [0.05, 0.1) is 23.5 Å². The van der Waals surface area contributed by atoms with Gasteiger partial charge in [-0.2, -0.15) is 0 Å². The summed E-state index contributed by atoms with van der Waals surface area (Å²) in [4.78, 5) is 41.5. The van der Waals surface area contributed by atoms with Crippen LogP contribution in [0.15, 0.2) is 53.6 Å². The summed E-state index contributed by atoms with van der Waals surface area (Å²) in [6, 6.07) is 10.7. The molecule has 2 aliphatic rings. The minimum Gasteiger partial charge on any atom is -0.493 e. The number of thioether (sulfide) groups is 1. The first kappa shape index (κ1) is 24.4. The van der Waals surface area contributed by atoms with Crippen molar-refractivity contribution in [2.24, 2.45) is 0 Å². The number of amides is 2. The first-order valence-corrected chi connectivity index (χ1v) is 11.8. The number of carbonyl (C=O) groups is 2. The van der Waals surface area contributed by atoms with E-state index in [9.17, 15) is 19.7 Å². The molecule has 0 unspecified atom stereocenters. The molecule has 2 aromatic carbocycles. The molecule has 11 nitrogen and oxygen atoms in total. The number of nitrogens with zero attached hydrogens (tertiary/aromatic N) is 3. The fourth-order valence-electron chi connectivity index (χ4n) is 3.60. The van der Waals surface area contributed by atoms with Gasteiger partial charge in [0, 0.05) is 23.4 Å². The van der Waals surface area contributed by atoms with E-state index in [4.69, 9.17) is 30.5 Å². The number of pyridine rings is 1. The summed E-state index contributed by atoms with van der Waals surface area (Å²) in [5, 5.41) is 11.1. The average molecular weight is 542 g/mol. The molecule has 5 rings (SSSR count). The second-order valence-corrected chi connectivity index (χ2v) is 9.06. The first-order valence-electron chi connectivity index (χ1n) is 10.6. The highest BCUT2D eigenvalue weighted by Crippen LogP contribution is 2.40. The van der Waals surface area contributed by atoms with Crippen molar-refractivity contribution in [3.8, 4) is 28.9 Å². The Hall–Kier alpha value is -4.29. The smallest absolute Gasteiger partial charge is 0.331 e. The summed E-state index contributed by atoms with van der Waals surface area (Å²) in [6.45, 7) is 0.0436. The number of hydrogen-bond donors (Lipinski definition) is 0. The molecule has 0 N–H and O–H groups in total. The maximum Gasteiger partial charge on any atom is 0.331 e. The van der Waals surface area contributed by atoms with E-state index >= 15 is 0 Å². The minimum atomic E-state index is -0.601. The molecule has 0 saturated carbocycles. The van der Waals surface area contributed by atoms with E-state index in [0.717, 1.165) is 16.7 Å². The Labute approximate surface area is 218 Å². The van der Waals surface area contributed by atoms with Crippen LogP contribution in [0.1, 0.15) is 11.1 Å². The topological polar surface area (TPSA) is 130 Å². The van der Waals surface area contributed by atoms with Gasteiger partial charge in [-0.05, 0) is 53.2 Å². The van der Waals surface area contributed by atoms with E-state index in [1.807, 2.05) is 0 Å². The number of fused-ring (bicyclic) bond motifs is 1. The zero-order valence-electron chi connectivity index (χ0n) is 19.0. The Kier molecular flexibility index (Phi) is 6.59. The molecule has 1 aromatic heterocycles. The molecular formula is C24H16ClN3O8S. The zero-order valence-corrected chi connectivity index (χ0v) is 20.6. The van der Waals surface area contributed by atoms with Crippen molar-refractivity contribution in [2.75, 3.05) is 13.9 Å². The third kappa shape index (κ3) is 4.88. The molecule has 3 heterocycles. The molecule has 0 bridgehead atoms. The molecule has 2 aliphatic heterocycles. The molecule has 1 saturated heterocycles. The Balaban J connectivity index is 1.36. The van der Waals surface area contributed by atoms with Crippen LogP contribution in [-0.2, 0) is 11.3 Å². The van der Waals surface area contributed by atoms with Crippen LogP contribution in [0.2, 0.25) is 5.02 Å². The van der Waals surface area contributed by atoms with Gasteiger partial charge in [-0.25, -0.2) is 4.98 Å². The standard InChI is InChI=1S/C24H16ClN3O8S/c1-33-18-7-13(4-5-17(18)36-22-16(28(31)32)3-2-6-26-22)8-21-23(29)27(24(30)37-21)11-14-9-19-20(10-15(14)25)35-12-34-19/h2-10H,11-12H2,1H3/b21-8-. The van der Waals surface area contributed by atoms with Gasteiger partial charge in [0.15, 0.2) is 23.0 Å². The lowest BCUT2D eigenvalue weighted by Crippen LogP contribution is -2.27. The lowest BCUT2D eigenvalue weighted by atomic mass is 10.1. The summed E-state index contributed by atoms with van der Waals surface area (Å²) in [6.07, 6.45) is 2.91. The van der Waals surface area contributed by atoms with Crippen LogP contribution in [0.25, 0.3) is 6.08 Å². The zero-order chi connectivity index (χ0) is 26.1. The van der Waals surface area contributed by atoms with Crippen LogP contribution < -0.4 is 18.9 Å². The lowest BCUT2D eigenvalue weighted by molar-refractivity contribution is -0.386. The third-order valence-corrected chi connectivity index (χ3v) is 6.64. The third-order valence-electron chi connectivity index (χ3n) is 5.38. The number of hydrogen-bond acceptors (Lipinski definition) is 10. The van der Waals surface area contributed by atoms with Crippen molar-refractivity contribution in [1.82, 2.24) is 9.88 Å². The predicted octanol–water partition coefficient (Wildman–Crippen LogP) is 5.41. The van der Waals surface area contributed by atoms with Gasteiger partial charge in [0.25, 0.3) is 17.0 Å². The summed E-state index contributed by atoms with van der Waals surface area (Å²) in [5.41, 5.74) is 0.789. The van der Waals surface area contributed by atoms with Crippen molar-refractivity contribution in [1.29, 1.82) is 0 Å². The predicted molar refractivity (Wildman–Crippen MR) is 133 cm³/mol. The normalized spacial score (nSPS) is 15.4. The highest BCUT2D eigenvalue weighted by molar-refractivity contribution is 8.18. The van der Waals surface area contributed by atoms with Gasteiger partial charge in [-0.15, -0.1) is 0 Å². The van der Waals surface area contributed by atoms with Crippen LogP contribution in [0.3, 0.4) is 0 Å². The summed E-state index contributed by atoms with van der Waals surface area (Å²) < 4.78 is 21.6. The van der Waals surface area contributed by atoms with E-state index in [2.05, 4.69) is 4.98 Å². The average Bonchev–Trinajstić information content (AvgIpc) is 3.44. The maximum absolute atomic E-state index is 13.0.